The van der Waals surface area contributed by atoms with Gasteiger partial charge in [0, 0.05) is 19.5 Å². The average molecular weight is 282 g/mol. The van der Waals surface area contributed by atoms with Crippen LogP contribution in [-0.4, -0.2) is 45.9 Å². The summed E-state index contributed by atoms with van der Waals surface area (Å²) in [7, 11) is 1.73. The molecule has 1 saturated carbocycles. The zero-order valence-corrected chi connectivity index (χ0v) is 12.0. The smallest absolute Gasteiger partial charge is 0.317 e. The molecule has 1 heterocycles. The van der Waals surface area contributed by atoms with E-state index < -0.39 is 0 Å². The van der Waals surface area contributed by atoms with Gasteiger partial charge in [-0.25, -0.2) is 4.79 Å². The van der Waals surface area contributed by atoms with Crippen LogP contribution in [0.15, 0.2) is 4.52 Å². The quantitative estimate of drug-likeness (QED) is 0.862. The van der Waals surface area contributed by atoms with Gasteiger partial charge in [-0.05, 0) is 19.8 Å². The molecule has 0 unspecified atom stereocenters. The number of rotatable bonds is 4. The molecule has 1 fully saturated rings. The number of aliphatic hydroxyl groups excluding tert-OH is 1. The van der Waals surface area contributed by atoms with Crippen LogP contribution in [0.5, 0.6) is 0 Å². The fourth-order valence-corrected chi connectivity index (χ4v) is 2.53. The van der Waals surface area contributed by atoms with Crippen LogP contribution in [0.4, 0.5) is 4.79 Å². The third-order valence-corrected chi connectivity index (χ3v) is 3.68. The van der Waals surface area contributed by atoms with Crippen molar-refractivity contribution in [2.45, 2.75) is 45.3 Å². The topological polar surface area (TPSA) is 91.5 Å². The predicted octanol–water partition coefficient (Wildman–Crippen LogP) is 1.07. The SMILES string of the molecule is Cc1noc(CNC(=O)N(C)C[C@@H]2CCCC[C@H]2O)n1. The van der Waals surface area contributed by atoms with Crippen molar-refractivity contribution >= 4 is 6.03 Å². The van der Waals surface area contributed by atoms with Crippen molar-refractivity contribution < 1.29 is 14.4 Å². The molecule has 1 aromatic heterocycles. The molecule has 0 saturated heterocycles. The number of carbonyl (C=O) groups excluding carboxylic acids is 1. The number of carbonyl (C=O) groups is 1. The number of hydrogen-bond donors (Lipinski definition) is 2. The third kappa shape index (κ3) is 3.93. The summed E-state index contributed by atoms with van der Waals surface area (Å²) in [6, 6.07) is -0.196. The van der Waals surface area contributed by atoms with Crippen LogP contribution in [0.2, 0.25) is 0 Å². The molecule has 2 amide bonds. The first-order valence-corrected chi connectivity index (χ1v) is 7.02. The lowest BCUT2D eigenvalue weighted by Gasteiger charge is -2.31. The molecule has 112 valence electrons. The summed E-state index contributed by atoms with van der Waals surface area (Å²) in [6.45, 7) is 2.51. The zero-order valence-electron chi connectivity index (χ0n) is 12.0. The van der Waals surface area contributed by atoms with Gasteiger partial charge in [-0.1, -0.05) is 18.0 Å². The summed E-state index contributed by atoms with van der Waals surface area (Å²) in [5, 5.41) is 16.3. The molecule has 20 heavy (non-hydrogen) atoms. The van der Waals surface area contributed by atoms with E-state index in [4.69, 9.17) is 4.52 Å². The van der Waals surface area contributed by atoms with Gasteiger partial charge in [0.2, 0.25) is 5.89 Å². The first-order valence-electron chi connectivity index (χ1n) is 7.02. The standard InChI is InChI=1S/C13H22N4O3/c1-9-15-12(20-16-9)7-14-13(19)17(2)8-10-5-3-4-6-11(10)18/h10-11,18H,3-8H2,1-2H3,(H,14,19)/t10-,11+/m0/s1. The zero-order chi connectivity index (χ0) is 14.5. The number of nitrogens with one attached hydrogen (secondary N) is 1. The maximum atomic E-state index is 11.9. The van der Waals surface area contributed by atoms with E-state index in [1.807, 2.05) is 0 Å². The molecule has 1 aliphatic carbocycles. The number of amides is 2. The highest BCUT2D eigenvalue weighted by atomic mass is 16.5. The first kappa shape index (κ1) is 14.8. The van der Waals surface area contributed by atoms with Crippen molar-refractivity contribution in [2.75, 3.05) is 13.6 Å². The highest BCUT2D eigenvalue weighted by Gasteiger charge is 2.25. The third-order valence-electron chi connectivity index (χ3n) is 3.68. The Balaban J connectivity index is 1.76. The van der Waals surface area contributed by atoms with E-state index in [1.54, 1.807) is 18.9 Å². The van der Waals surface area contributed by atoms with Gasteiger partial charge < -0.3 is 19.8 Å². The molecule has 0 bridgehead atoms. The second kappa shape index (κ2) is 6.69. The number of urea groups is 1. The lowest BCUT2D eigenvalue weighted by Crippen LogP contribution is -2.42. The predicted molar refractivity (Wildman–Crippen MR) is 71.9 cm³/mol. The van der Waals surface area contributed by atoms with E-state index in [0.717, 1.165) is 25.7 Å². The van der Waals surface area contributed by atoms with E-state index in [9.17, 15) is 9.90 Å². The van der Waals surface area contributed by atoms with Crippen LogP contribution in [-0.2, 0) is 6.54 Å². The van der Waals surface area contributed by atoms with Crippen molar-refractivity contribution in [1.82, 2.24) is 20.4 Å². The van der Waals surface area contributed by atoms with Crippen molar-refractivity contribution in [1.29, 1.82) is 0 Å². The van der Waals surface area contributed by atoms with E-state index in [1.165, 1.54) is 0 Å². The van der Waals surface area contributed by atoms with Crippen LogP contribution in [0, 0.1) is 12.8 Å². The molecule has 0 aliphatic heterocycles. The van der Waals surface area contributed by atoms with Crippen molar-refractivity contribution in [3.63, 3.8) is 0 Å². The molecular weight excluding hydrogens is 260 g/mol. The minimum atomic E-state index is -0.294. The van der Waals surface area contributed by atoms with Gasteiger partial charge in [0.05, 0.1) is 12.6 Å². The van der Waals surface area contributed by atoms with Gasteiger partial charge in [-0.2, -0.15) is 4.98 Å². The van der Waals surface area contributed by atoms with Crippen LogP contribution in [0.3, 0.4) is 0 Å². The van der Waals surface area contributed by atoms with Gasteiger partial charge in [-0.3, -0.25) is 0 Å². The fraction of sp³-hybridized carbons (Fsp3) is 0.769. The van der Waals surface area contributed by atoms with E-state index in [-0.39, 0.29) is 24.6 Å². The van der Waals surface area contributed by atoms with Crippen LogP contribution in [0.25, 0.3) is 0 Å². The van der Waals surface area contributed by atoms with Gasteiger partial charge in [-0.15, -0.1) is 0 Å². The summed E-state index contributed by atoms with van der Waals surface area (Å²) < 4.78 is 4.93. The summed E-state index contributed by atoms with van der Waals surface area (Å²) in [6.07, 6.45) is 3.71. The Labute approximate surface area is 118 Å². The van der Waals surface area contributed by atoms with E-state index in [2.05, 4.69) is 15.5 Å². The van der Waals surface area contributed by atoms with E-state index in [0.29, 0.717) is 18.3 Å². The highest BCUT2D eigenvalue weighted by Crippen LogP contribution is 2.24. The van der Waals surface area contributed by atoms with Crippen LogP contribution in [0.1, 0.15) is 37.4 Å². The van der Waals surface area contributed by atoms with Crippen molar-refractivity contribution in [3.8, 4) is 0 Å². The molecule has 0 radical (unpaired) electrons. The van der Waals surface area contributed by atoms with Gasteiger partial charge in [0.1, 0.15) is 0 Å². The summed E-state index contributed by atoms with van der Waals surface area (Å²) >= 11 is 0. The minimum Gasteiger partial charge on any atom is -0.393 e. The fourth-order valence-electron chi connectivity index (χ4n) is 2.53. The first-order chi connectivity index (χ1) is 9.56. The van der Waals surface area contributed by atoms with Crippen LogP contribution < -0.4 is 5.32 Å². The molecule has 1 aliphatic rings. The largest absolute Gasteiger partial charge is 0.393 e. The number of aromatic nitrogens is 2. The van der Waals surface area contributed by atoms with Crippen molar-refractivity contribution in [2.24, 2.45) is 5.92 Å². The lowest BCUT2D eigenvalue weighted by atomic mass is 9.86. The van der Waals surface area contributed by atoms with E-state index >= 15 is 0 Å². The summed E-state index contributed by atoms with van der Waals surface area (Å²) in [4.78, 5) is 17.6. The molecule has 0 aromatic carbocycles. The lowest BCUT2D eigenvalue weighted by molar-refractivity contribution is 0.0564. The number of nitrogens with zero attached hydrogens (tertiary/aromatic N) is 3. The Kier molecular flexibility index (Phi) is 4.94. The second-order valence-electron chi connectivity index (χ2n) is 5.39. The number of hydrogen-bond acceptors (Lipinski definition) is 5. The molecule has 2 N–H and O–H groups in total. The molecule has 2 atom stereocenters. The van der Waals surface area contributed by atoms with Crippen LogP contribution >= 0.6 is 0 Å². The molecule has 2 rings (SSSR count). The van der Waals surface area contributed by atoms with Gasteiger partial charge in [0.15, 0.2) is 5.82 Å². The van der Waals surface area contributed by atoms with Crippen molar-refractivity contribution in [3.05, 3.63) is 11.7 Å². The second-order valence-corrected chi connectivity index (χ2v) is 5.39. The molecule has 0 spiro atoms. The molecule has 7 nitrogen and oxygen atoms in total. The maximum Gasteiger partial charge on any atom is 0.317 e. The molecule has 7 heteroatoms. The number of aliphatic hydroxyl groups is 1. The minimum absolute atomic E-state index is 0.171. The normalized spacial score (nSPS) is 22.6. The Morgan fingerprint density at radius 3 is 2.90 bits per heavy atom. The average Bonchev–Trinajstić information content (AvgIpc) is 2.84. The molecule has 1 aromatic rings. The monoisotopic (exact) mass is 282 g/mol. The Morgan fingerprint density at radius 1 is 1.50 bits per heavy atom. The molecular formula is C13H22N4O3. The Morgan fingerprint density at radius 2 is 2.25 bits per heavy atom. The Bertz CT molecular complexity index is 449. The maximum absolute atomic E-state index is 11.9. The summed E-state index contributed by atoms with van der Waals surface area (Å²) in [5.41, 5.74) is 0. The number of aryl methyl sites for hydroxylation is 1. The highest BCUT2D eigenvalue weighted by molar-refractivity contribution is 5.73. The Hall–Kier alpha value is -1.63. The van der Waals surface area contributed by atoms with Gasteiger partial charge in [0.25, 0.3) is 0 Å². The summed E-state index contributed by atoms with van der Waals surface area (Å²) in [5.74, 6) is 1.11. The van der Waals surface area contributed by atoms with Gasteiger partial charge >= 0.3 is 6.03 Å².